The van der Waals surface area contributed by atoms with Gasteiger partial charge in [0.15, 0.2) is 0 Å². The van der Waals surface area contributed by atoms with E-state index in [1.807, 2.05) is 31.2 Å². The molecule has 2 aromatic carbocycles. The number of amides is 2. The molecule has 0 spiro atoms. The average molecular weight is 416 g/mol. The Balaban J connectivity index is 1.51. The summed E-state index contributed by atoms with van der Waals surface area (Å²) in [6.45, 7) is 2.54. The van der Waals surface area contributed by atoms with Crippen molar-refractivity contribution in [2.45, 2.75) is 31.1 Å². The maximum Gasteiger partial charge on any atom is 0.269 e. The first-order valence-electron chi connectivity index (χ1n) is 9.58. The molecule has 1 aliphatic heterocycles. The van der Waals surface area contributed by atoms with Crippen LogP contribution in [-0.2, 0) is 21.2 Å². The van der Waals surface area contributed by atoms with Crippen LogP contribution < -0.4 is 10.1 Å². The van der Waals surface area contributed by atoms with Crippen LogP contribution in [0.3, 0.4) is 0 Å². The van der Waals surface area contributed by atoms with Gasteiger partial charge in [-0.2, -0.15) is 0 Å². The molecular formula is C21H24N2O5S. The van der Waals surface area contributed by atoms with Crippen LogP contribution in [0.5, 0.6) is 5.75 Å². The van der Waals surface area contributed by atoms with Gasteiger partial charge in [0.1, 0.15) is 17.2 Å². The number of nitrogens with one attached hydrogen (secondary N) is 1. The number of aryl methyl sites for hydroxylation is 1. The molecule has 0 fully saturated rings. The second-order valence-electron chi connectivity index (χ2n) is 6.72. The summed E-state index contributed by atoms with van der Waals surface area (Å²) in [6, 6.07) is 13.7. The van der Waals surface area contributed by atoms with Gasteiger partial charge < -0.3 is 10.1 Å². The Kier molecular flexibility index (Phi) is 6.53. The topological polar surface area (TPSA) is 92.8 Å². The molecule has 0 aliphatic carbocycles. The van der Waals surface area contributed by atoms with Crippen LogP contribution >= 0.6 is 0 Å². The Hall–Kier alpha value is -2.87. The van der Waals surface area contributed by atoms with E-state index >= 15 is 0 Å². The fraction of sp³-hybridized carbons (Fsp3) is 0.333. The van der Waals surface area contributed by atoms with Crippen molar-refractivity contribution in [1.82, 2.24) is 9.62 Å². The summed E-state index contributed by atoms with van der Waals surface area (Å²) in [5, 5.41) is 2.69. The van der Waals surface area contributed by atoms with E-state index in [0.29, 0.717) is 30.3 Å². The molecule has 3 rings (SSSR count). The van der Waals surface area contributed by atoms with E-state index in [1.165, 1.54) is 12.1 Å². The molecule has 0 atom stereocenters. The van der Waals surface area contributed by atoms with E-state index in [2.05, 4.69) is 5.32 Å². The molecule has 0 radical (unpaired) electrons. The van der Waals surface area contributed by atoms with Crippen LogP contribution in [0.15, 0.2) is 53.4 Å². The minimum atomic E-state index is -3.97. The zero-order valence-electron chi connectivity index (χ0n) is 16.3. The molecule has 0 saturated carbocycles. The largest absolute Gasteiger partial charge is 0.493 e. The van der Waals surface area contributed by atoms with Crippen molar-refractivity contribution >= 4 is 21.8 Å². The van der Waals surface area contributed by atoms with Crippen LogP contribution in [0.2, 0.25) is 0 Å². The number of fused-ring (bicyclic) bond motifs is 1. The minimum Gasteiger partial charge on any atom is -0.493 e. The summed E-state index contributed by atoms with van der Waals surface area (Å²) in [5.41, 5.74) is 1.16. The number of rotatable bonds is 9. The first kappa shape index (κ1) is 20.9. The number of benzene rings is 2. The van der Waals surface area contributed by atoms with Gasteiger partial charge >= 0.3 is 0 Å². The third-order valence-corrected chi connectivity index (χ3v) is 6.37. The van der Waals surface area contributed by atoms with Gasteiger partial charge in [-0.05, 0) is 43.0 Å². The van der Waals surface area contributed by atoms with Crippen LogP contribution in [0.1, 0.15) is 35.7 Å². The van der Waals surface area contributed by atoms with E-state index in [0.717, 1.165) is 17.7 Å². The Morgan fingerprint density at radius 3 is 2.59 bits per heavy atom. The highest BCUT2D eigenvalue weighted by Gasteiger charge is 2.41. The maximum atomic E-state index is 12.5. The molecule has 0 unspecified atom stereocenters. The van der Waals surface area contributed by atoms with Crippen LogP contribution in [0.25, 0.3) is 0 Å². The summed E-state index contributed by atoms with van der Waals surface area (Å²) in [6.07, 6.45) is 2.30. The van der Waals surface area contributed by atoms with Gasteiger partial charge in [0.05, 0.1) is 12.2 Å². The fourth-order valence-electron chi connectivity index (χ4n) is 3.14. The number of para-hydroxylation sites is 1. The lowest BCUT2D eigenvalue weighted by Gasteiger charge is -2.15. The summed E-state index contributed by atoms with van der Waals surface area (Å²) in [7, 11) is -3.97. The predicted octanol–water partition coefficient (Wildman–Crippen LogP) is 2.37. The second kappa shape index (κ2) is 9.09. The Morgan fingerprint density at radius 1 is 1.10 bits per heavy atom. The minimum absolute atomic E-state index is 0.0542. The Morgan fingerprint density at radius 2 is 1.83 bits per heavy atom. The second-order valence-corrected chi connectivity index (χ2v) is 8.55. The van der Waals surface area contributed by atoms with Crippen molar-refractivity contribution in [2.24, 2.45) is 0 Å². The number of ether oxygens (including phenoxy) is 1. The molecule has 1 heterocycles. The first-order valence-corrected chi connectivity index (χ1v) is 11.0. The lowest BCUT2D eigenvalue weighted by atomic mass is 10.1. The summed E-state index contributed by atoms with van der Waals surface area (Å²) in [4.78, 5) is 24.5. The van der Waals surface area contributed by atoms with Crippen LogP contribution in [-0.4, -0.2) is 44.2 Å². The van der Waals surface area contributed by atoms with Gasteiger partial charge in [-0.3, -0.25) is 9.59 Å². The number of hydrogen-bond acceptors (Lipinski definition) is 5. The lowest BCUT2D eigenvalue weighted by Crippen LogP contribution is -2.40. The lowest BCUT2D eigenvalue weighted by molar-refractivity contribution is -0.121. The number of carbonyl (C=O) groups is 2. The van der Waals surface area contributed by atoms with Crippen molar-refractivity contribution in [3.63, 3.8) is 0 Å². The Labute approximate surface area is 170 Å². The van der Waals surface area contributed by atoms with Gasteiger partial charge in [0, 0.05) is 6.54 Å². The highest BCUT2D eigenvalue weighted by atomic mass is 32.2. The van der Waals surface area contributed by atoms with E-state index in [1.54, 1.807) is 12.1 Å². The molecule has 1 aliphatic rings. The highest BCUT2D eigenvalue weighted by Crippen LogP contribution is 2.29. The summed E-state index contributed by atoms with van der Waals surface area (Å²) < 4.78 is 31.3. The van der Waals surface area contributed by atoms with Crippen molar-refractivity contribution in [3.8, 4) is 5.75 Å². The maximum absolute atomic E-state index is 12.5. The van der Waals surface area contributed by atoms with Crippen molar-refractivity contribution < 1.29 is 22.7 Å². The van der Waals surface area contributed by atoms with Crippen molar-refractivity contribution in [2.75, 3.05) is 19.7 Å². The quantitative estimate of drug-likeness (QED) is 0.634. The number of carbonyl (C=O) groups excluding carboxylic acids is 2. The molecule has 2 amide bonds. The van der Waals surface area contributed by atoms with Crippen molar-refractivity contribution in [3.05, 3.63) is 59.7 Å². The average Bonchev–Trinajstić information content (AvgIpc) is 2.91. The molecule has 29 heavy (non-hydrogen) atoms. The fourth-order valence-corrected chi connectivity index (χ4v) is 4.67. The van der Waals surface area contributed by atoms with E-state index in [-0.39, 0.29) is 10.5 Å². The van der Waals surface area contributed by atoms with Gasteiger partial charge in [-0.25, -0.2) is 12.7 Å². The summed E-state index contributed by atoms with van der Waals surface area (Å²) in [5.74, 6) is -0.338. The van der Waals surface area contributed by atoms with Gasteiger partial charge in [0.25, 0.3) is 15.9 Å². The predicted molar refractivity (Wildman–Crippen MR) is 108 cm³/mol. The number of nitrogens with zero attached hydrogens (tertiary/aromatic N) is 1. The molecule has 2 aromatic rings. The molecule has 8 heteroatoms. The molecule has 1 N–H and O–H groups in total. The van der Waals surface area contributed by atoms with E-state index in [4.69, 9.17) is 4.74 Å². The van der Waals surface area contributed by atoms with Gasteiger partial charge in [-0.1, -0.05) is 37.3 Å². The molecule has 0 bridgehead atoms. The third kappa shape index (κ3) is 4.59. The summed E-state index contributed by atoms with van der Waals surface area (Å²) >= 11 is 0. The van der Waals surface area contributed by atoms with E-state index in [9.17, 15) is 18.0 Å². The molecule has 0 saturated heterocycles. The smallest absolute Gasteiger partial charge is 0.269 e. The molecular weight excluding hydrogens is 392 g/mol. The van der Waals surface area contributed by atoms with E-state index < -0.39 is 28.4 Å². The number of hydrogen-bond donors (Lipinski definition) is 1. The zero-order chi connectivity index (χ0) is 20.9. The van der Waals surface area contributed by atoms with Gasteiger partial charge in [0.2, 0.25) is 5.91 Å². The van der Waals surface area contributed by atoms with Crippen LogP contribution in [0, 0.1) is 0 Å². The monoisotopic (exact) mass is 416 g/mol. The SMILES string of the molecule is CCCOc1ccccc1CCCNC(=O)CN1C(=O)c2ccccc2S1(=O)=O. The molecule has 154 valence electrons. The van der Waals surface area contributed by atoms with Gasteiger partial charge in [-0.15, -0.1) is 0 Å². The third-order valence-electron chi connectivity index (χ3n) is 4.58. The number of sulfonamides is 1. The van der Waals surface area contributed by atoms with Crippen molar-refractivity contribution in [1.29, 1.82) is 0 Å². The first-order chi connectivity index (χ1) is 13.9. The molecule has 0 aromatic heterocycles. The Bertz CT molecular complexity index is 1000. The highest BCUT2D eigenvalue weighted by molar-refractivity contribution is 7.90. The normalized spacial score (nSPS) is 14.5. The zero-order valence-corrected chi connectivity index (χ0v) is 17.1. The molecule has 7 nitrogen and oxygen atoms in total. The van der Waals surface area contributed by atoms with Crippen LogP contribution in [0.4, 0.5) is 0 Å². The standard InChI is InChI=1S/C21H24N2O5S/c1-2-14-28-18-11-5-3-8-16(18)9-7-13-22-20(24)15-23-21(25)17-10-4-6-12-19(17)29(23,26)27/h3-6,8,10-12H,2,7,9,13-15H2,1H3,(H,22,24).